The first-order valence-electron chi connectivity index (χ1n) is 9.51. The van der Waals surface area contributed by atoms with Crippen molar-refractivity contribution in [1.29, 1.82) is 0 Å². The van der Waals surface area contributed by atoms with E-state index >= 15 is 0 Å². The molecule has 7 nitrogen and oxygen atoms in total. The van der Waals surface area contributed by atoms with Gasteiger partial charge in [0.05, 0.1) is 19.6 Å². The number of carbonyl (C=O) groups is 1. The Hall–Kier alpha value is -2.15. The van der Waals surface area contributed by atoms with E-state index in [-0.39, 0.29) is 11.4 Å². The van der Waals surface area contributed by atoms with E-state index in [1.165, 1.54) is 12.1 Å². The molecule has 116 valence electrons. The highest BCUT2D eigenvalue weighted by atomic mass is 16.5. The minimum absolute atomic E-state index is 0.0169. The van der Waals surface area contributed by atoms with Gasteiger partial charge < -0.3 is 15.6 Å². The Labute approximate surface area is 133 Å². The molecule has 0 spiro atoms. The first-order chi connectivity index (χ1) is 12.7. The highest BCUT2D eigenvalue weighted by molar-refractivity contribution is 5.76. The predicted molar refractivity (Wildman–Crippen MR) is 78.5 cm³/mol. The Morgan fingerprint density at radius 3 is 2.71 bits per heavy atom. The maximum Gasteiger partial charge on any atom is 0.221 e. The van der Waals surface area contributed by atoms with Crippen LogP contribution in [-0.4, -0.2) is 41.3 Å². The molecule has 0 aromatic heterocycles. The first-order valence-corrected chi connectivity index (χ1v) is 6.01. The minimum Gasteiger partial charge on any atom is -0.491 e. The highest BCUT2D eigenvalue weighted by Crippen LogP contribution is 2.13. The Kier molecular flexibility index (Phi) is 3.51. The quantitative estimate of drug-likeness (QED) is 0.519. The molecule has 0 aliphatic heterocycles. The summed E-state index contributed by atoms with van der Waals surface area (Å²) in [7, 11) is 0. The fourth-order valence-electron chi connectivity index (χ4n) is 1.51. The number of nitrogens with two attached hydrogens (primary N) is 1. The number of carbonyl (C=O) groups excluding carboxylic acids is 1. The summed E-state index contributed by atoms with van der Waals surface area (Å²) in [4.78, 5) is 21.9. The lowest BCUT2D eigenvalue weighted by Gasteiger charge is -2.22. The lowest BCUT2D eigenvalue weighted by Crippen LogP contribution is -2.36. The van der Waals surface area contributed by atoms with Crippen molar-refractivity contribution in [2.24, 2.45) is 11.0 Å². The van der Waals surface area contributed by atoms with Gasteiger partial charge in [0.25, 0.3) is 0 Å². The van der Waals surface area contributed by atoms with E-state index in [4.69, 9.17) is 20.1 Å². The van der Waals surface area contributed by atoms with Crippen LogP contribution in [0.15, 0.2) is 29.6 Å². The summed E-state index contributed by atoms with van der Waals surface area (Å²) in [5.74, 6) is -0.213. The third-order valence-corrected chi connectivity index (χ3v) is 2.48. The summed E-state index contributed by atoms with van der Waals surface area (Å²) in [6.45, 7) is -8.07. The van der Waals surface area contributed by atoms with Gasteiger partial charge in [0.1, 0.15) is 18.5 Å². The maximum atomic E-state index is 11.0. The highest BCUT2D eigenvalue weighted by Gasteiger charge is 2.14. The number of hydrogen-bond donors (Lipinski definition) is 2. The molecule has 1 amide bonds. The summed E-state index contributed by atoms with van der Waals surface area (Å²) >= 11 is 0. The molecule has 0 heterocycles. The van der Waals surface area contributed by atoms with Gasteiger partial charge in [0.15, 0.2) is 0 Å². The largest absolute Gasteiger partial charge is 0.491 e. The number of amides is 1. The van der Waals surface area contributed by atoms with Gasteiger partial charge in [-0.15, -0.1) is 4.91 Å². The van der Waals surface area contributed by atoms with Gasteiger partial charge in [0, 0.05) is 14.2 Å². The molecule has 1 unspecified atom stereocenters. The molecular formula is C14H21N3O4. The van der Waals surface area contributed by atoms with Crippen molar-refractivity contribution in [3.05, 3.63) is 34.7 Å². The number of nitroso groups, excluding NO2 is 1. The number of primary amides is 1. The van der Waals surface area contributed by atoms with Crippen molar-refractivity contribution >= 4 is 5.91 Å². The van der Waals surface area contributed by atoms with Crippen LogP contribution in [0.3, 0.4) is 0 Å². The van der Waals surface area contributed by atoms with Crippen LogP contribution in [0.25, 0.3) is 0 Å². The maximum absolute atomic E-state index is 11.0. The Bertz CT molecular complexity index is 665. The van der Waals surface area contributed by atoms with Gasteiger partial charge in [-0.2, -0.15) is 0 Å². The normalized spacial score (nSPS) is 18.6. The summed E-state index contributed by atoms with van der Waals surface area (Å²) in [6.07, 6.45) is -1.48. The molecule has 0 saturated heterocycles. The van der Waals surface area contributed by atoms with E-state index in [0.29, 0.717) is 11.3 Å². The second-order valence-electron chi connectivity index (χ2n) is 4.26. The molecule has 0 saturated carbocycles. The number of benzene rings is 1. The first kappa shape index (κ1) is 8.99. The van der Waals surface area contributed by atoms with E-state index in [9.17, 15) is 14.8 Å². The van der Waals surface area contributed by atoms with Crippen molar-refractivity contribution in [2.45, 2.75) is 32.2 Å². The number of ether oxygens (including phenoxy) is 1. The Balaban J connectivity index is 2.80. The fourth-order valence-corrected chi connectivity index (χ4v) is 1.51. The third kappa shape index (κ3) is 6.22. The van der Waals surface area contributed by atoms with Crippen LogP contribution in [0.2, 0.25) is 0 Å². The fraction of sp³-hybridized carbons (Fsp3) is 0.500. The van der Waals surface area contributed by atoms with E-state index < -0.39 is 44.9 Å². The van der Waals surface area contributed by atoms with Gasteiger partial charge in [-0.3, -0.25) is 9.80 Å². The smallest absolute Gasteiger partial charge is 0.221 e. The molecule has 21 heavy (non-hydrogen) atoms. The number of aliphatic hydroxyl groups is 1. The van der Waals surface area contributed by atoms with E-state index in [1.807, 2.05) is 0 Å². The zero-order valence-corrected chi connectivity index (χ0v) is 11.2. The summed E-state index contributed by atoms with van der Waals surface area (Å²) < 4.78 is 57.1. The molecule has 3 N–H and O–H groups in total. The van der Waals surface area contributed by atoms with Crippen LogP contribution in [0.5, 0.6) is 5.75 Å². The molecule has 0 bridgehead atoms. The average molecular weight is 302 g/mol. The molecule has 0 aliphatic carbocycles. The number of nitrogens with zero attached hydrogens (tertiary/aromatic N) is 2. The summed E-state index contributed by atoms with van der Waals surface area (Å²) in [5, 5.41) is 12.3. The molecular weight excluding hydrogens is 274 g/mol. The second kappa shape index (κ2) is 8.21. The van der Waals surface area contributed by atoms with Crippen LogP contribution in [0, 0.1) is 4.91 Å². The van der Waals surface area contributed by atoms with Crippen molar-refractivity contribution in [3.63, 3.8) is 0 Å². The second-order valence-corrected chi connectivity index (χ2v) is 4.26. The molecule has 0 aliphatic rings. The number of hydrogen-bond acceptors (Lipinski definition) is 5. The molecule has 1 atom stereocenters. The van der Waals surface area contributed by atoms with Crippen molar-refractivity contribution < 1.29 is 24.2 Å². The molecule has 7 heteroatoms. The molecule has 1 aromatic rings. The topological polar surface area (TPSA) is 105 Å². The standard InChI is InChI=1S/C14H21N3O4/c1-10(2)17(16-20)8-12(18)9-21-13-5-3-11(4-6-13)7-14(15)19/h3-6,10,12,18H,7-9H2,1-2H3,(H2,15,19)/i1D3,2D3,10D. The van der Waals surface area contributed by atoms with Crippen LogP contribution < -0.4 is 10.5 Å². The molecule has 0 radical (unpaired) electrons. The molecule has 1 rings (SSSR count). The van der Waals surface area contributed by atoms with Crippen LogP contribution in [0.4, 0.5) is 0 Å². The monoisotopic (exact) mass is 302 g/mol. The SMILES string of the molecule is [2H]C([2H])([2H])C([2H])(N(CC(O)COc1ccc(CC(N)=O)cc1)N=O)C([2H])([2H])[2H]. The van der Waals surface area contributed by atoms with Gasteiger partial charge in [-0.05, 0) is 31.4 Å². The number of aliphatic hydroxyl groups excluding tert-OH is 1. The zero-order valence-electron chi connectivity index (χ0n) is 18.2. The lowest BCUT2D eigenvalue weighted by atomic mass is 10.1. The van der Waals surface area contributed by atoms with E-state index in [2.05, 4.69) is 5.29 Å². The number of rotatable bonds is 9. The lowest BCUT2D eigenvalue weighted by molar-refractivity contribution is -0.117. The predicted octanol–water partition coefficient (Wildman–Crippen LogP) is 0.846. The average Bonchev–Trinajstić information content (AvgIpc) is 2.55. The van der Waals surface area contributed by atoms with Crippen LogP contribution in [-0.2, 0) is 11.2 Å². The third-order valence-electron chi connectivity index (χ3n) is 2.48. The molecule has 0 fully saturated rings. The van der Waals surface area contributed by atoms with Crippen LogP contribution in [0.1, 0.15) is 28.9 Å². The van der Waals surface area contributed by atoms with Crippen molar-refractivity contribution in [1.82, 2.24) is 5.01 Å². The van der Waals surface area contributed by atoms with Gasteiger partial charge in [-0.25, -0.2) is 0 Å². The van der Waals surface area contributed by atoms with E-state index in [0.717, 1.165) is 0 Å². The van der Waals surface area contributed by atoms with Crippen molar-refractivity contribution in [2.75, 3.05) is 13.2 Å². The van der Waals surface area contributed by atoms with Gasteiger partial charge in [0.2, 0.25) is 5.91 Å². The van der Waals surface area contributed by atoms with Crippen LogP contribution >= 0.6 is 0 Å². The summed E-state index contributed by atoms with van der Waals surface area (Å²) in [5.41, 5.74) is 5.72. The van der Waals surface area contributed by atoms with Crippen molar-refractivity contribution in [3.8, 4) is 5.75 Å². The minimum atomic E-state index is -3.40. The van der Waals surface area contributed by atoms with Gasteiger partial charge >= 0.3 is 0 Å². The molecule has 1 aromatic carbocycles. The zero-order chi connectivity index (χ0) is 21.8. The summed E-state index contributed by atoms with van der Waals surface area (Å²) in [6, 6.07) is 2.81. The Morgan fingerprint density at radius 2 is 2.19 bits per heavy atom. The Morgan fingerprint density at radius 1 is 1.52 bits per heavy atom. The van der Waals surface area contributed by atoms with Gasteiger partial charge in [-0.1, -0.05) is 12.1 Å². The van der Waals surface area contributed by atoms with E-state index in [1.54, 1.807) is 12.1 Å².